The number of carbonyl (C=O) groups excluding carboxylic acids is 1. The van der Waals surface area contributed by atoms with Crippen molar-refractivity contribution in [1.82, 2.24) is 5.32 Å². The first-order valence-corrected chi connectivity index (χ1v) is 3.24. The fourth-order valence-electron chi connectivity index (χ4n) is 0.562. The Hall–Kier alpha value is -0.610. The number of amides is 1. The van der Waals surface area contributed by atoms with Crippen LogP contribution in [0.15, 0.2) is 0 Å². The molecule has 2 unspecified atom stereocenters. The zero-order chi connectivity index (χ0) is 8.15. The zero-order valence-electron chi connectivity index (χ0n) is 6.29. The van der Waals surface area contributed by atoms with E-state index >= 15 is 0 Å². The van der Waals surface area contributed by atoms with E-state index in [0.717, 1.165) is 0 Å². The molecular formula is C6H14N2O2. The van der Waals surface area contributed by atoms with E-state index in [-0.39, 0.29) is 18.7 Å². The quantitative estimate of drug-likeness (QED) is 0.468. The number of aliphatic hydroxyl groups is 1. The lowest BCUT2D eigenvalue weighted by Crippen LogP contribution is -2.44. The molecule has 4 heteroatoms. The highest BCUT2D eigenvalue weighted by molar-refractivity contribution is 5.79. The molecule has 0 heterocycles. The van der Waals surface area contributed by atoms with Crippen LogP contribution in [0.1, 0.15) is 13.8 Å². The second-order valence-corrected chi connectivity index (χ2v) is 2.37. The van der Waals surface area contributed by atoms with E-state index in [9.17, 15) is 4.79 Å². The van der Waals surface area contributed by atoms with E-state index < -0.39 is 5.91 Å². The van der Waals surface area contributed by atoms with Crippen molar-refractivity contribution >= 4 is 5.91 Å². The van der Waals surface area contributed by atoms with Gasteiger partial charge < -0.3 is 16.2 Å². The first-order chi connectivity index (χ1) is 4.57. The van der Waals surface area contributed by atoms with Gasteiger partial charge in [-0.2, -0.15) is 0 Å². The fourth-order valence-corrected chi connectivity index (χ4v) is 0.562. The number of primary amides is 1. The first-order valence-electron chi connectivity index (χ1n) is 3.24. The van der Waals surface area contributed by atoms with Crippen LogP contribution in [0.3, 0.4) is 0 Å². The van der Waals surface area contributed by atoms with Gasteiger partial charge in [0.25, 0.3) is 0 Å². The van der Waals surface area contributed by atoms with Gasteiger partial charge in [0.2, 0.25) is 5.91 Å². The molecular weight excluding hydrogens is 132 g/mol. The molecule has 0 aromatic rings. The average molecular weight is 146 g/mol. The lowest BCUT2D eigenvalue weighted by atomic mass is 10.2. The first kappa shape index (κ1) is 9.39. The normalized spacial score (nSPS) is 16.3. The summed E-state index contributed by atoms with van der Waals surface area (Å²) >= 11 is 0. The van der Waals surface area contributed by atoms with Gasteiger partial charge in [0.1, 0.15) is 0 Å². The highest BCUT2D eigenvalue weighted by atomic mass is 16.3. The van der Waals surface area contributed by atoms with Crippen molar-refractivity contribution in [3.63, 3.8) is 0 Å². The molecule has 0 aromatic heterocycles. The van der Waals surface area contributed by atoms with Crippen LogP contribution < -0.4 is 11.1 Å². The van der Waals surface area contributed by atoms with Crippen molar-refractivity contribution in [2.24, 2.45) is 5.73 Å². The van der Waals surface area contributed by atoms with E-state index in [2.05, 4.69) is 5.32 Å². The van der Waals surface area contributed by atoms with Gasteiger partial charge in [0.05, 0.1) is 12.6 Å². The molecule has 4 N–H and O–H groups in total. The summed E-state index contributed by atoms with van der Waals surface area (Å²) in [5.41, 5.74) is 4.96. The van der Waals surface area contributed by atoms with Gasteiger partial charge in [-0.05, 0) is 13.8 Å². The summed E-state index contributed by atoms with van der Waals surface area (Å²) in [7, 11) is 0. The summed E-state index contributed by atoms with van der Waals surface area (Å²) < 4.78 is 0. The highest BCUT2D eigenvalue weighted by Gasteiger charge is 2.09. The lowest BCUT2D eigenvalue weighted by molar-refractivity contribution is -0.119. The summed E-state index contributed by atoms with van der Waals surface area (Å²) in [5.74, 6) is -0.402. The highest BCUT2D eigenvalue weighted by Crippen LogP contribution is 1.83. The Morgan fingerprint density at radius 2 is 2.20 bits per heavy atom. The molecule has 0 saturated heterocycles. The maximum absolute atomic E-state index is 10.4. The molecule has 0 fully saturated rings. The molecule has 60 valence electrons. The Bertz CT molecular complexity index is 116. The molecule has 0 aliphatic heterocycles. The predicted octanol–water partition coefficient (Wildman–Crippen LogP) is -1.17. The Morgan fingerprint density at radius 3 is 2.50 bits per heavy atom. The number of nitrogens with one attached hydrogen (secondary N) is 1. The topological polar surface area (TPSA) is 75.3 Å². The molecule has 2 atom stereocenters. The van der Waals surface area contributed by atoms with Crippen molar-refractivity contribution < 1.29 is 9.90 Å². The average Bonchev–Trinajstić information content (AvgIpc) is 1.87. The van der Waals surface area contributed by atoms with Crippen molar-refractivity contribution in [1.29, 1.82) is 0 Å². The van der Waals surface area contributed by atoms with Crippen LogP contribution in [0, 0.1) is 0 Å². The number of hydrogen-bond donors (Lipinski definition) is 3. The van der Waals surface area contributed by atoms with E-state index in [0.29, 0.717) is 0 Å². The maximum Gasteiger partial charge on any atom is 0.234 e. The minimum atomic E-state index is -0.402. The molecule has 0 radical (unpaired) electrons. The van der Waals surface area contributed by atoms with E-state index in [1.54, 1.807) is 13.8 Å². The molecule has 0 aliphatic carbocycles. The van der Waals surface area contributed by atoms with Crippen LogP contribution in [0.5, 0.6) is 0 Å². The van der Waals surface area contributed by atoms with E-state index in [1.807, 2.05) is 0 Å². The predicted molar refractivity (Wildman–Crippen MR) is 38.3 cm³/mol. The van der Waals surface area contributed by atoms with Crippen molar-refractivity contribution in [2.75, 3.05) is 6.61 Å². The number of rotatable bonds is 4. The summed E-state index contributed by atoms with van der Waals surface area (Å²) in [6, 6.07) is -0.454. The number of nitrogens with two attached hydrogens (primary N) is 1. The Morgan fingerprint density at radius 1 is 1.70 bits per heavy atom. The van der Waals surface area contributed by atoms with E-state index in [1.165, 1.54) is 0 Å². The Kier molecular flexibility index (Phi) is 3.99. The van der Waals surface area contributed by atoms with Gasteiger partial charge in [-0.25, -0.2) is 0 Å². The van der Waals surface area contributed by atoms with Crippen LogP contribution in [0.4, 0.5) is 0 Å². The Balaban J connectivity index is 3.56. The largest absolute Gasteiger partial charge is 0.395 e. The molecule has 0 bridgehead atoms. The fraction of sp³-hybridized carbons (Fsp3) is 0.833. The third-order valence-corrected chi connectivity index (χ3v) is 1.24. The van der Waals surface area contributed by atoms with Gasteiger partial charge in [0.15, 0.2) is 0 Å². The summed E-state index contributed by atoms with van der Waals surface area (Å²) in [4.78, 5) is 10.4. The zero-order valence-corrected chi connectivity index (χ0v) is 6.29. The van der Waals surface area contributed by atoms with Crippen LogP contribution in [0.2, 0.25) is 0 Å². The van der Waals surface area contributed by atoms with E-state index in [4.69, 9.17) is 10.8 Å². The summed E-state index contributed by atoms with van der Waals surface area (Å²) in [5, 5.41) is 11.4. The van der Waals surface area contributed by atoms with Gasteiger partial charge in [-0.1, -0.05) is 0 Å². The molecule has 0 saturated carbocycles. The third-order valence-electron chi connectivity index (χ3n) is 1.24. The van der Waals surface area contributed by atoms with Gasteiger partial charge >= 0.3 is 0 Å². The van der Waals surface area contributed by atoms with Crippen LogP contribution >= 0.6 is 0 Å². The number of hydrogen-bond acceptors (Lipinski definition) is 3. The second-order valence-electron chi connectivity index (χ2n) is 2.37. The second kappa shape index (κ2) is 4.24. The SMILES string of the molecule is CC(CO)NC(C)C(N)=O. The third kappa shape index (κ3) is 3.42. The van der Waals surface area contributed by atoms with Gasteiger partial charge in [-0.15, -0.1) is 0 Å². The minimum absolute atomic E-state index is 0.0115. The smallest absolute Gasteiger partial charge is 0.234 e. The lowest BCUT2D eigenvalue weighted by Gasteiger charge is -2.14. The Labute approximate surface area is 60.4 Å². The van der Waals surface area contributed by atoms with Crippen LogP contribution in [-0.4, -0.2) is 29.7 Å². The maximum atomic E-state index is 10.4. The minimum Gasteiger partial charge on any atom is -0.395 e. The van der Waals surface area contributed by atoms with Crippen molar-refractivity contribution in [2.45, 2.75) is 25.9 Å². The van der Waals surface area contributed by atoms with Crippen molar-refractivity contribution in [3.05, 3.63) is 0 Å². The molecule has 10 heavy (non-hydrogen) atoms. The molecule has 0 spiro atoms. The van der Waals surface area contributed by atoms with Gasteiger partial charge in [-0.3, -0.25) is 4.79 Å². The summed E-state index contributed by atoms with van der Waals surface area (Å²) in [6.07, 6.45) is 0. The monoisotopic (exact) mass is 146 g/mol. The summed E-state index contributed by atoms with van der Waals surface area (Å²) in [6.45, 7) is 3.45. The molecule has 4 nitrogen and oxygen atoms in total. The number of carbonyl (C=O) groups is 1. The molecule has 0 aliphatic rings. The van der Waals surface area contributed by atoms with Crippen LogP contribution in [-0.2, 0) is 4.79 Å². The number of aliphatic hydroxyl groups excluding tert-OH is 1. The van der Waals surface area contributed by atoms with Gasteiger partial charge in [0, 0.05) is 6.04 Å². The standard InChI is InChI=1S/C6H14N2O2/c1-4(3-9)8-5(2)6(7)10/h4-5,8-9H,3H2,1-2H3,(H2,7,10). The van der Waals surface area contributed by atoms with Crippen LogP contribution in [0.25, 0.3) is 0 Å². The van der Waals surface area contributed by atoms with Crippen molar-refractivity contribution in [3.8, 4) is 0 Å². The molecule has 1 amide bonds. The molecule has 0 aromatic carbocycles. The molecule has 0 rings (SSSR count).